The van der Waals surface area contributed by atoms with Crippen LogP contribution >= 0.6 is 0 Å². The van der Waals surface area contributed by atoms with Crippen LogP contribution in [0.15, 0.2) is 47.4 Å². The number of fused-ring (bicyclic) bond motifs is 2. The van der Waals surface area contributed by atoms with Gasteiger partial charge in [0.15, 0.2) is 5.78 Å². The molecule has 0 N–H and O–H groups in total. The molecule has 4 heteroatoms. The van der Waals surface area contributed by atoms with Crippen molar-refractivity contribution in [1.82, 2.24) is 9.55 Å². The van der Waals surface area contributed by atoms with Gasteiger partial charge in [0.2, 0.25) is 5.43 Å². The molecule has 1 aromatic carbocycles. The Morgan fingerprint density at radius 2 is 1.85 bits per heavy atom. The van der Waals surface area contributed by atoms with Gasteiger partial charge in [-0.3, -0.25) is 9.59 Å². The molecule has 0 amide bonds. The first-order chi connectivity index (χ1) is 12.6. The van der Waals surface area contributed by atoms with Gasteiger partial charge in [-0.15, -0.1) is 0 Å². The third-order valence-electron chi connectivity index (χ3n) is 5.34. The second-order valence-corrected chi connectivity index (χ2v) is 7.13. The Morgan fingerprint density at radius 1 is 1.15 bits per heavy atom. The average molecular weight is 346 g/mol. The first kappa shape index (κ1) is 16.7. The first-order valence-corrected chi connectivity index (χ1v) is 9.17. The van der Waals surface area contributed by atoms with Crippen molar-refractivity contribution in [2.24, 2.45) is 5.92 Å². The molecule has 0 unspecified atom stereocenters. The van der Waals surface area contributed by atoms with E-state index in [2.05, 4.69) is 29.2 Å². The zero-order chi connectivity index (χ0) is 18.3. The highest BCUT2D eigenvalue weighted by molar-refractivity contribution is 5.96. The minimum atomic E-state index is -0.256. The SMILES string of the molecule is CCn1cc(C(C)=O)c(=O)c2nc(CC3Cc4ccccc4C3)ccc21. The molecule has 0 saturated carbocycles. The standard InChI is InChI=1S/C22H22N2O2/c1-3-24-13-19(14(2)25)22(26)21-20(24)9-8-18(23-21)12-15-10-16-6-4-5-7-17(16)11-15/h4-9,13,15H,3,10-12H2,1-2H3. The van der Waals surface area contributed by atoms with Crippen molar-refractivity contribution < 1.29 is 4.79 Å². The topological polar surface area (TPSA) is 52.0 Å². The molecular weight excluding hydrogens is 324 g/mol. The third kappa shape index (κ3) is 2.85. The molecule has 4 rings (SSSR count). The van der Waals surface area contributed by atoms with Crippen LogP contribution in [-0.4, -0.2) is 15.3 Å². The lowest BCUT2D eigenvalue weighted by Crippen LogP contribution is -2.19. The summed E-state index contributed by atoms with van der Waals surface area (Å²) < 4.78 is 1.93. The van der Waals surface area contributed by atoms with E-state index in [1.165, 1.54) is 18.1 Å². The van der Waals surface area contributed by atoms with Crippen molar-refractivity contribution in [2.75, 3.05) is 0 Å². The van der Waals surface area contributed by atoms with Gasteiger partial charge in [0.05, 0.1) is 11.1 Å². The predicted molar refractivity (Wildman–Crippen MR) is 103 cm³/mol. The number of nitrogens with zero attached hydrogens (tertiary/aromatic N) is 2. The summed E-state index contributed by atoms with van der Waals surface area (Å²) in [6, 6.07) is 12.6. The molecule has 0 aliphatic heterocycles. The normalized spacial score (nSPS) is 13.9. The number of hydrogen-bond donors (Lipinski definition) is 0. The van der Waals surface area contributed by atoms with Crippen LogP contribution in [0.4, 0.5) is 0 Å². The van der Waals surface area contributed by atoms with E-state index in [9.17, 15) is 9.59 Å². The van der Waals surface area contributed by atoms with Gasteiger partial charge in [0.1, 0.15) is 5.52 Å². The molecule has 1 aliphatic rings. The van der Waals surface area contributed by atoms with Crippen LogP contribution in [0.3, 0.4) is 0 Å². The van der Waals surface area contributed by atoms with E-state index in [0.717, 1.165) is 30.5 Å². The summed E-state index contributed by atoms with van der Waals surface area (Å²) in [7, 11) is 0. The Bertz CT molecular complexity index is 1040. The number of aromatic nitrogens is 2. The summed E-state index contributed by atoms with van der Waals surface area (Å²) in [5.74, 6) is 0.305. The highest BCUT2D eigenvalue weighted by atomic mass is 16.1. The van der Waals surface area contributed by atoms with Crippen molar-refractivity contribution >= 4 is 16.8 Å². The minimum Gasteiger partial charge on any atom is -0.346 e. The Morgan fingerprint density at radius 3 is 2.46 bits per heavy atom. The van der Waals surface area contributed by atoms with Gasteiger partial charge in [-0.25, -0.2) is 4.98 Å². The molecule has 0 fully saturated rings. The van der Waals surface area contributed by atoms with E-state index in [0.29, 0.717) is 18.0 Å². The maximum absolute atomic E-state index is 12.7. The van der Waals surface area contributed by atoms with Crippen LogP contribution in [0.25, 0.3) is 11.0 Å². The van der Waals surface area contributed by atoms with Gasteiger partial charge in [-0.05, 0) is 62.3 Å². The van der Waals surface area contributed by atoms with Gasteiger partial charge in [-0.1, -0.05) is 24.3 Å². The van der Waals surface area contributed by atoms with Crippen molar-refractivity contribution in [3.63, 3.8) is 0 Å². The summed E-state index contributed by atoms with van der Waals surface area (Å²) in [6.45, 7) is 4.12. The average Bonchev–Trinajstić information content (AvgIpc) is 3.04. The quantitative estimate of drug-likeness (QED) is 0.679. The van der Waals surface area contributed by atoms with Gasteiger partial charge in [-0.2, -0.15) is 0 Å². The molecule has 0 bridgehead atoms. The highest BCUT2D eigenvalue weighted by Gasteiger charge is 2.22. The fourth-order valence-corrected chi connectivity index (χ4v) is 4.02. The van der Waals surface area contributed by atoms with E-state index in [1.807, 2.05) is 23.6 Å². The number of ketones is 1. The molecule has 2 aromatic heterocycles. The van der Waals surface area contributed by atoms with E-state index < -0.39 is 0 Å². The van der Waals surface area contributed by atoms with Crippen molar-refractivity contribution in [3.8, 4) is 0 Å². The smallest absolute Gasteiger partial charge is 0.218 e. The van der Waals surface area contributed by atoms with Crippen molar-refractivity contribution in [3.05, 3.63) is 75.2 Å². The zero-order valence-corrected chi connectivity index (χ0v) is 15.2. The lowest BCUT2D eigenvalue weighted by atomic mass is 9.99. The first-order valence-electron chi connectivity index (χ1n) is 9.17. The lowest BCUT2D eigenvalue weighted by Gasteiger charge is -2.13. The number of benzene rings is 1. The van der Waals surface area contributed by atoms with Crippen LogP contribution in [0.1, 0.15) is 41.0 Å². The Hall–Kier alpha value is -2.75. The second kappa shape index (κ2) is 6.52. The third-order valence-corrected chi connectivity index (χ3v) is 5.34. The lowest BCUT2D eigenvalue weighted by molar-refractivity contribution is 0.101. The summed E-state index contributed by atoms with van der Waals surface area (Å²) in [4.78, 5) is 29.2. The van der Waals surface area contributed by atoms with Gasteiger partial charge < -0.3 is 4.57 Å². The molecule has 1 aliphatic carbocycles. The molecule has 2 heterocycles. The fourth-order valence-electron chi connectivity index (χ4n) is 4.02. The predicted octanol–water partition coefficient (Wildman–Crippen LogP) is 3.58. The van der Waals surface area contributed by atoms with Crippen molar-refractivity contribution in [1.29, 1.82) is 0 Å². The van der Waals surface area contributed by atoms with Crippen LogP contribution in [0, 0.1) is 5.92 Å². The number of aryl methyl sites for hydroxylation is 1. The molecule has 132 valence electrons. The molecule has 0 atom stereocenters. The molecule has 0 spiro atoms. The van der Waals surface area contributed by atoms with Crippen LogP contribution in [0.5, 0.6) is 0 Å². The van der Waals surface area contributed by atoms with E-state index in [-0.39, 0.29) is 16.8 Å². The number of pyridine rings is 2. The molecule has 3 aromatic rings. The van der Waals surface area contributed by atoms with E-state index in [4.69, 9.17) is 0 Å². The Kier molecular flexibility index (Phi) is 4.19. The molecule has 4 nitrogen and oxygen atoms in total. The monoisotopic (exact) mass is 346 g/mol. The van der Waals surface area contributed by atoms with Crippen LogP contribution < -0.4 is 5.43 Å². The fraction of sp³-hybridized carbons (Fsp3) is 0.318. The highest BCUT2D eigenvalue weighted by Crippen LogP contribution is 2.28. The maximum Gasteiger partial charge on any atom is 0.218 e. The summed E-state index contributed by atoms with van der Waals surface area (Å²) in [5, 5.41) is 0. The van der Waals surface area contributed by atoms with Gasteiger partial charge in [0, 0.05) is 18.4 Å². The second-order valence-electron chi connectivity index (χ2n) is 7.13. The molecular formula is C22H22N2O2. The number of Topliss-reactive ketones (excluding diaryl/α,β-unsaturated/α-hetero) is 1. The van der Waals surface area contributed by atoms with E-state index >= 15 is 0 Å². The summed E-state index contributed by atoms with van der Waals surface area (Å²) in [5.41, 5.74) is 4.94. The minimum absolute atomic E-state index is 0.211. The summed E-state index contributed by atoms with van der Waals surface area (Å²) in [6.07, 6.45) is 4.62. The Labute approximate surface area is 152 Å². The number of carbonyl (C=O) groups is 1. The largest absolute Gasteiger partial charge is 0.346 e. The number of hydrogen-bond acceptors (Lipinski definition) is 3. The zero-order valence-electron chi connectivity index (χ0n) is 15.2. The number of carbonyl (C=O) groups excluding carboxylic acids is 1. The maximum atomic E-state index is 12.7. The number of rotatable bonds is 4. The summed E-state index contributed by atoms with van der Waals surface area (Å²) >= 11 is 0. The Balaban J connectivity index is 1.71. The van der Waals surface area contributed by atoms with Crippen LogP contribution in [0.2, 0.25) is 0 Å². The van der Waals surface area contributed by atoms with Crippen molar-refractivity contribution in [2.45, 2.75) is 39.7 Å². The van der Waals surface area contributed by atoms with E-state index in [1.54, 1.807) is 6.20 Å². The van der Waals surface area contributed by atoms with Gasteiger partial charge >= 0.3 is 0 Å². The molecule has 0 radical (unpaired) electrons. The van der Waals surface area contributed by atoms with Crippen LogP contribution in [-0.2, 0) is 25.8 Å². The molecule has 0 saturated heterocycles. The molecule has 26 heavy (non-hydrogen) atoms. The van der Waals surface area contributed by atoms with Gasteiger partial charge in [0.25, 0.3) is 0 Å².